The molecule has 0 bridgehead atoms. The van der Waals surface area contributed by atoms with Crippen LogP contribution in [0.4, 0.5) is 10.5 Å². The number of hydrogen-bond acceptors (Lipinski definition) is 5. The average Bonchev–Trinajstić information content (AvgIpc) is 2.91. The van der Waals surface area contributed by atoms with Gasteiger partial charge in [0, 0.05) is 38.5 Å². The number of benzene rings is 2. The van der Waals surface area contributed by atoms with Crippen molar-refractivity contribution in [3.63, 3.8) is 0 Å². The zero-order valence-electron chi connectivity index (χ0n) is 23.9. The van der Waals surface area contributed by atoms with Gasteiger partial charge in [0.1, 0.15) is 11.4 Å². The van der Waals surface area contributed by atoms with Gasteiger partial charge in [0.2, 0.25) is 0 Å². The standard InChI is InChI=1S/C33H44N2O4/c1-6-7-8-10-25(2)30(11-9-24-36)31(27-14-18-29(37)19-15-27)26-12-16-28(17-13-26)34-20-22-35(23-21-34)32(38)39-33(3,4)5/h8,10,12-19,36-37H,2,6-7,9,11,20-24H2,1,3-5H3/b10-8-,31-30+. The number of hydrogen-bond donors (Lipinski definition) is 2. The fourth-order valence-electron chi connectivity index (χ4n) is 4.65. The molecule has 210 valence electrons. The number of carbonyl (C=O) groups excluding carboxylic acids is 1. The van der Waals surface area contributed by atoms with Crippen molar-refractivity contribution in [1.29, 1.82) is 0 Å². The molecule has 1 saturated heterocycles. The summed E-state index contributed by atoms with van der Waals surface area (Å²) in [7, 11) is 0. The Labute approximate surface area is 233 Å². The van der Waals surface area contributed by atoms with Crippen molar-refractivity contribution in [3.05, 3.63) is 89.5 Å². The second-order valence-electron chi connectivity index (χ2n) is 10.9. The fourth-order valence-corrected chi connectivity index (χ4v) is 4.65. The van der Waals surface area contributed by atoms with E-state index in [1.54, 1.807) is 17.0 Å². The van der Waals surface area contributed by atoms with Gasteiger partial charge in [-0.25, -0.2) is 4.79 Å². The Kier molecular flexibility index (Phi) is 10.8. The number of allylic oxidation sites excluding steroid dienone is 4. The second-order valence-corrected chi connectivity index (χ2v) is 10.9. The fraction of sp³-hybridized carbons (Fsp3) is 0.424. The number of aromatic hydroxyl groups is 1. The van der Waals surface area contributed by atoms with Crippen LogP contribution in [0.15, 0.2) is 78.4 Å². The van der Waals surface area contributed by atoms with E-state index < -0.39 is 5.60 Å². The Hall–Kier alpha value is -3.51. The molecule has 3 rings (SSSR count). The first-order valence-corrected chi connectivity index (χ1v) is 14.0. The molecule has 1 amide bonds. The van der Waals surface area contributed by atoms with Crippen molar-refractivity contribution < 1.29 is 19.7 Å². The zero-order chi connectivity index (χ0) is 28.4. The van der Waals surface area contributed by atoms with Gasteiger partial charge in [0.25, 0.3) is 0 Å². The summed E-state index contributed by atoms with van der Waals surface area (Å²) in [6.07, 6.45) is 7.35. The molecule has 6 heteroatoms. The number of carbonyl (C=O) groups is 1. The molecule has 1 aliphatic heterocycles. The van der Waals surface area contributed by atoms with Gasteiger partial charge in [-0.15, -0.1) is 0 Å². The minimum atomic E-state index is -0.500. The van der Waals surface area contributed by atoms with E-state index >= 15 is 0 Å². The van der Waals surface area contributed by atoms with Crippen LogP contribution in [-0.4, -0.2) is 59.6 Å². The molecular weight excluding hydrogens is 488 g/mol. The average molecular weight is 533 g/mol. The number of anilines is 1. The number of aliphatic hydroxyl groups is 1. The number of rotatable bonds is 10. The topological polar surface area (TPSA) is 73.2 Å². The molecule has 0 atom stereocenters. The van der Waals surface area contributed by atoms with E-state index in [4.69, 9.17) is 4.74 Å². The molecule has 1 aliphatic rings. The normalized spacial score (nSPS) is 14.9. The van der Waals surface area contributed by atoms with Gasteiger partial charge in [0.05, 0.1) is 0 Å². The van der Waals surface area contributed by atoms with Gasteiger partial charge in [0.15, 0.2) is 0 Å². The summed E-state index contributed by atoms with van der Waals surface area (Å²) in [6, 6.07) is 15.8. The number of ether oxygens (including phenoxy) is 1. The van der Waals surface area contributed by atoms with Crippen LogP contribution in [0.3, 0.4) is 0 Å². The highest BCUT2D eigenvalue weighted by molar-refractivity contribution is 5.85. The van der Waals surface area contributed by atoms with Gasteiger partial charge >= 0.3 is 6.09 Å². The van der Waals surface area contributed by atoms with Crippen LogP contribution in [0.25, 0.3) is 5.57 Å². The maximum absolute atomic E-state index is 12.4. The smallest absolute Gasteiger partial charge is 0.410 e. The maximum atomic E-state index is 12.4. The van der Waals surface area contributed by atoms with Crippen LogP contribution in [-0.2, 0) is 4.74 Å². The highest BCUT2D eigenvalue weighted by Gasteiger charge is 2.26. The van der Waals surface area contributed by atoms with Crippen molar-refractivity contribution in [2.75, 3.05) is 37.7 Å². The van der Waals surface area contributed by atoms with Crippen molar-refractivity contribution in [1.82, 2.24) is 4.90 Å². The van der Waals surface area contributed by atoms with Crippen LogP contribution in [0.1, 0.15) is 64.5 Å². The first kappa shape index (κ1) is 30.0. The molecule has 0 aliphatic carbocycles. The van der Waals surface area contributed by atoms with Gasteiger partial charge in [-0.3, -0.25) is 0 Å². The third-order valence-electron chi connectivity index (χ3n) is 6.66. The molecule has 1 fully saturated rings. The zero-order valence-corrected chi connectivity index (χ0v) is 23.9. The van der Waals surface area contributed by atoms with Crippen LogP contribution >= 0.6 is 0 Å². The van der Waals surface area contributed by atoms with Gasteiger partial charge in [-0.2, -0.15) is 0 Å². The number of phenols is 1. The maximum Gasteiger partial charge on any atom is 0.410 e. The Morgan fingerprint density at radius 3 is 2.13 bits per heavy atom. The van der Waals surface area contributed by atoms with E-state index in [9.17, 15) is 15.0 Å². The third-order valence-corrected chi connectivity index (χ3v) is 6.66. The quantitative estimate of drug-likeness (QED) is 0.324. The van der Waals surface area contributed by atoms with E-state index in [0.29, 0.717) is 25.9 Å². The predicted octanol–water partition coefficient (Wildman–Crippen LogP) is 6.94. The van der Waals surface area contributed by atoms with Crippen LogP contribution < -0.4 is 4.90 Å². The number of piperazine rings is 1. The highest BCUT2D eigenvalue weighted by atomic mass is 16.6. The van der Waals surface area contributed by atoms with E-state index in [-0.39, 0.29) is 18.4 Å². The first-order valence-electron chi connectivity index (χ1n) is 14.0. The SMILES string of the molecule is C=C(/C=C\CCC)/C(CCCO)=C(/c1ccc(O)cc1)c1ccc(N2CCN(C(=O)OC(C)(C)C)CC2)cc1. The largest absolute Gasteiger partial charge is 0.508 e. The molecule has 0 saturated carbocycles. The van der Waals surface area contributed by atoms with Gasteiger partial charge in [-0.1, -0.05) is 56.3 Å². The summed E-state index contributed by atoms with van der Waals surface area (Å²) in [6.45, 7) is 15.0. The molecule has 0 aromatic heterocycles. The summed E-state index contributed by atoms with van der Waals surface area (Å²) in [5, 5.41) is 19.5. The Bertz CT molecular complexity index is 1150. The number of amides is 1. The van der Waals surface area contributed by atoms with Crippen molar-refractivity contribution >= 4 is 17.4 Å². The lowest BCUT2D eigenvalue weighted by Gasteiger charge is -2.36. The van der Waals surface area contributed by atoms with Gasteiger partial charge < -0.3 is 24.7 Å². The first-order chi connectivity index (χ1) is 18.6. The number of unbranched alkanes of at least 4 members (excludes halogenated alkanes) is 1. The number of aliphatic hydroxyl groups excluding tert-OH is 1. The van der Waals surface area contributed by atoms with Crippen LogP contribution in [0.2, 0.25) is 0 Å². The molecule has 0 unspecified atom stereocenters. The van der Waals surface area contributed by atoms with Crippen LogP contribution in [0.5, 0.6) is 5.75 Å². The molecule has 2 N–H and O–H groups in total. The summed E-state index contributed by atoms with van der Waals surface area (Å²) in [5.41, 5.74) is 5.71. The van der Waals surface area contributed by atoms with E-state index in [0.717, 1.165) is 59.5 Å². The molecule has 0 radical (unpaired) electrons. The summed E-state index contributed by atoms with van der Waals surface area (Å²) < 4.78 is 5.53. The Morgan fingerprint density at radius 1 is 1.00 bits per heavy atom. The van der Waals surface area contributed by atoms with Crippen molar-refractivity contribution in [2.24, 2.45) is 0 Å². The molecule has 6 nitrogen and oxygen atoms in total. The van der Waals surface area contributed by atoms with E-state index in [1.807, 2.05) is 32.9 Å². The summed E-state index contributed by atoms with van der Waals surface area (Å²) >= 11 is 0. The predicted molar refractivity (Wildman–Crippen MR) is 160 cm³/mol. The Balaban J connectivity index is 1.89. The number of nitrogens with zero attached hydrogens (tertiary/aromatic N) is 2. The van der Waals surface area contributed by atoms with Gasteiger partial charge in [-0.05, 0) is 92.1 Å². The molecule has 1 heterocycles. The molecular formula is C33H44N2O4. The highest BCUT2D eigenvalue weighted by Crippen LogP contribution is 2.35. The monoisotopic (exact) mass is 532 g/mol. The summed E-state index contributed by atoms with van der Waals surface area (Å²) in [4.78, 5) is 16.5. The second kappa shape index (κ2) is 14.0. The molecule has 39 heavy (non-hydrogen) atoms. The lowest BCUT2D eigenvalue weighted by Crippen LogP contribution is -2.50. The molecule has 2 aromatic rings. The van der Waals surface area contributed by atoms with Crippen molar-refractivity contribution in [2.45, 2.75) is 59.0 Å². The lowest BCUT2D eigenvalue weighted by atomic mass is 9.87. The minimum Gasteiger partial charge on any atom is -0.508 e. The minimum absolute atomic E-state index is 0.104. The van der Waals surface area contributed by atoms with E-state index in [1.165, 1.54) is 0 Å². The van der Waals surface area contributed by atoms with Crippen LogP contribution in [0, 0.1) is 0 Å². The third kappa shape index (κ3) is 8.75. The Morgan fingerprint density at radius 2 is 1.59 bits per heavy atom. The molecule has 2 aromatic carbocycles. The molecule has 0 spiro atoms. The number of phenolic OH excluding ortho intramolecular Hbond substituents is 1. The van der Waals surface area contributed by atoms with E-state index in [2.05, 4.69) is 54.8 Å². The summed E-state index contributed by atoms with van der Waals surface area (Å²) in [5.74, 6) is 0.220. The lowest BCUT2D eigenvalue weighted by molar-refractivity contribution is 0.0240. The van der Waals surface area contributed by atoms with Crippen molar-refractivity contribution in [3.8, 4) is 5.75 Å².